The van der Waals surface area contributed by atoms with E-state index in [1.54, 1.807) is 0 Å². The molecule has 0 radical (unpaired) electrons. The van der Waals surface area contributed by atoms with Gasteiger partial charge in [0, 0.05) is 23.2 Å². The first-order chi connectivity index (χ1) is 9.42. The number of aromatic nitrogens is 1. The Morgan fingerprint density at radius 1 is 0.895 bits per heavy atom. The van der Waals surface area contributed by atoms with Crippen LogP contribution in [0.25, 0.3) is 22.2 Å². The molecule has 0 atom stereocenters. The van der Waals surface area contributed by atoms with Crippen molar-refractivity contribution in [3.63, 3.8) is 0 Å². The van der Waals surface area contributed by atoms with Gasteiger partial charge in [-0.2, -0.15) is 0 Å². The number of rotatable bonds is 1. The van der Waals surface area contributed by atoms with Crippen molar-refractivity contribution >= 4 is 16.6 Å². The molecule has 1 N–H and O–H groups in total. The highest BCUT2D eigenvalue weighted by molar-refractivity contribution is 5.83. The van der Waals surface area contributed by atoms with Gasteiger partial charge >= 0.3 is 0 Å². The highest BCUT2D eigenvalue weighted by Gasteiger charge is 2.15. The van der Waals surface area contributed by atoms with Crippen molar-refractivity contribution in [1.82, 2.24) is 4.98 Å². The standard InChI is InChI=1S/C17H14N2/c1-2-6-15-12(4-1)8-9-17(19-15)13-5-3-7-16-14(13)10-11-18-16/h1-9,18H,10-11H2. The molecule has 4 rings (SSSR count). The Hall–Kier alpha value is -2.35. The molecule has 2 heteroatoms. The number of hydrogen-bond acceptors (Lipinski definition) is 2. The van der Waals surface area contributed by atoms with Crippen molar-refractivity contribution < 1.29 is 0 Å². The minimum atomic E-state index is 1.03. The molecule has 3 aromatic rings. The maximum Gasteiger partial charge on any atom is 0.0713 e. The summed E-state index contributed by atoms with van der Waals surface area (Å²) in [5.41, 5.74) is 6.04. The summed E-state index contributed by atoms with van der Waals surface area (Å²) in [4.78, 5) is 4.80. The van der Waals surface area contributed by atoms with Crippen molar-refractivity contribution in [2.45, 2.75) is 6.42 Å². The lowest BCUT2D eigenvalue weighted by molar-refractivity contribution is 1.10. The highest BCUT2D eigenvalue weighted by Crippen LogP contribution is 2.32. The van der Waals surface area contributed by atoms with E-state index in [1.807, 2.05) is 12.1 Å². The van der Waals surface area contributed by atoms with Crippen LogP contribution < -0.4 is 5.32 Å². The van der Waals surface area contributed by atoms with Gasteiger partial charge in [0.1, 0.15) is 0 Å². The van der Waals surface area contributed by atoms with Gasteiger partial charge in [-0.15, -0.1) is 0 Å². The van der Waals surface area contributed by atoms with Crippen molar-refractivity contribution in [3.05, 3.63) is 60.2 Å². The Balaban J connectivity index is 1.93. The zero-order valence-electron chi connectivity index (χ0n) is 10.6. The summed E-state index contributed by atoms with van der Waals surface area (Å²) in [6.07, 6.45) is 1.08. The summed E-state index contributed by atoms with van der Waals surface area (Å²) < 4.78 is 0. The average Bonchev–Trinajstić information content (AvgIpc) is 2.95. The summed E-state index contributed by atoms with van der Waals surface area (Å²) in [5.74, 6) is 0. The number of anilines is 1. The second-order valence-corrected chi connectivity index (χ2v) is 4.90. The van der Waals surface area contributed by atoms with Crippen molar-refractivity contribution in [2.75, 3.05) is 11.9 Å². The lowest BCUT2D eigenvalue weighted by Gasteiger charge is -2.08. The van der Waals surface area contributed by atoms with Crippen LogP contribution in [0.5, 0.6) is 0 Å². The van der Waals surface area contributed by atoms with Crippen LogP contribution in [-0.2, 0) is 6.42 Å². The molecular weight excluding hydrogens is 232 g/mol. The van der Waals surface area contributed by atoms with Gasteiger partial charge in [-0.05, 0) is 30.2 Å². The fourth-order valence-electron chi connectivity index (χ4n) is 2.80. The fraction of sp³-hybridized carbons (Fsp3) is 0.118. The van der Waals surface area contributed by atoms with E-state index in [-0.39, 0.29) is 0 Å². The zero-order chi connectivity index (χ0) is 12.7. The predicted molar refractivity (Wildman–Crippen MR) is 79.4 cm³/mol. The molecule has 0 spiro atoms. The summed E-state index contributed by atoms with van der Waals surface area (Å²) in [6, 6.07) is 18.9. The highest BCUT2D eigenvalue weighted by atomic mass is 14.9. The molecule has 2 aromatic carbocycles. The topological polar surface area (TPSA) is 24.9 Å². The molecule has 1 aliphatic heterocycles. The van der Waals surface area contributed by atoms with E-state index >= 15 is 0 Å². The van der Waals surface area contributed by atoms with Gasteiger partial charge in [0.2, 0.25) is 0 Å². The summed E-state index contributed by atoms with van der Waals surface area (Å²) in [6.45, 7) is 1.03. The van der Waals surface area contributed by atoms with Crippen molar-refractivity contribution in [1.29, 1.82) is 0 Å². The average molecular weight is 246 g/mol. The molecule has 0 saturated carbocycles. The van der Waals surface area contributed by atoms with E-state index < -0.39 is 0 Å². The molecule has 0 amide bonds. The first kappa shape index (κ1) is 10.6. The molecule has 1 aromatic heterocycles. The number of nitrogens with zero attached hydrogens (tertiary/aromatic N) is 1. The minimum absolute atomic E-state index is 1.03. The van der Waals surface area contributed by atoms with E-state index in [2.05, 4.69) is 47.8 Å². The third kappa shape index (κ3) is 1.68. The van der Waals surface area contributed by atoms with Gasteiger partial charge in [-0.1, -0.05) is 36.4 Å². The minimum Gasteiger partial charge on any atom is -0.384 e. The number of para-hydroxylation sites is 1. The molecule has 0 saturated heterocycles. The van der Waals surface area contributed by atoms with Gasteiger partial charge in [0.15, 0.2) is 0 Å². The molecular formula is C17H14N2. The number of pyridine rings is 1. The lowest BCUT2D eigenvalue weighted by atomic mass is 10.0. The normalized spacial score (nSPS) is 13.3. The van der Waals surface area contributed by atoms with E-state index in [0.717, 1.165) is 24.2 Å². The molecule has 2 nitrogen and oxygen atoms in total. The second-order valence-electron chi connectivity index (χ2n) is 4.90. The first-order valence-corrected chi connectivity index (χ1v) is 6.64. The first-order valence-electron chi connectivity index (χ1n) is 6.64. The van der Waals surface area contributed by atoms with E-state index in [9.17, 15) is 0 Å². The fourth-order valence-corrected chi connectivity index (χ4v) is 2.80. The third-order valence-electron chi connectivity index (χ3n) is 3.74. The quantitative estimate of drug-likeness (QED) is 0.705. The summed E-state index contributed by atoms with van der Waals surface area (Å²) in [5, 5.41) is 4.61. The lowest BCUT2D eigenvalue weighted by Crippen LogP contribution is -1.90. The van der Waals surface area contributed by atoms with Crippen LogP contribution in [0.2, 0.25) is 0 Å². The van der Waals surface area contributed by atoms with Gasteiger partial charge < -0.3 is 5.32 Å². The zero-order valence-corrected chi connectivity index (χ0v) is 10.6. The maximum absolute atomic E-state index is 4.80. The van der Waals surface area contributed by atoms with Gasteiger partial charge in [0.25, 0.3) is 0 Å². The van der Waals surface area contributed by atoms with Crippen LogP contribution in [0.4, 0.5) is 5.69 Å². The second kappa shape index (κ2) is 4.09. The Morgan fingerprint density at radius 2 is 1.84 bits per heavy atom. The monoisotopic (exact) mass is 246 g/mol. The summed E-state index contributed by atoms with van der Waals surface area (Å²) >= 11 is 0. The Bertz CT molecular complexity index is 762. The predicted octanol–water partition coefficient (Wildman–Crippen LogP) is 3.87. The molecule has 0 bridgehead atoms. The smallest absolute Gasteiger partial charge is 0.0713 e. The molecule has 2 heterocycles. The van der Waals surface area contributed by atoms with Gasteiger partial charge in [0.05, 0.1) is 11.2 Å². The SMILES string of the molecule is c1cc2c(c(-c3ccc4ccccc4n3)c1)CCN2. The van der Waals surface area contributed by atoms with Crippen LogP contribution >= 0.6 is 0 Å². The van der Waals surface area contributed by atoms with Crippen LogP contribution in [0, 0.1) is 0 Å². The molecule has 0 aliphatic carbocycles. The van der Waals surface area contributed by atoms with Crippen LogP contribution in [0.1, 0.15) is 5.56 Å². The Labute approximate surface area is 112 Å². The van der Waals surface area contributed by atoms with E-state index in [1.165, 1.54) is 22.2 Å². The van der Waals surface area contributed by atoms with Gasteiger partial charge in [-0.25, -0.2) is 4.98 Å². The molecule has 19 heavy (non-hydrogen) atoms. The van der Waals surface area contributed by atoms with Crippen molar-refractivity contribution in [2.24, 2.45) is 0 Å². The van der Waals surface area contributed by atoms with Crippen molar-refractivity contribution in [3.8, 4) is 11.3 Å². The number of hydrogen-bond donors (Lipinski definition) is 1. The number of nitrogens with one attached hydrogen (secondary N) is 1. The number of fused-ring (bicyclic) bond motifs is 2. The van der Waals surface area contributed by atoms with Crippen LogP contribution in [0.3, 0.4) is 0 Å². The van der Waals surface area contributed by atoms with E-state index in [4.69, 9.17) is 4.98 Å². The molecule has 1 aliphatic rings. The Kier molecular flexibility index (Phi) is 2.27. The molecule has 92 valence electrons. The van der Waals surface area contributed by atoms with Crippen LogP contribution in [-0.4, -0.2) is 11.5 Å². The van der Waals surface area contributed by atoms with Crippen LogP contribution in [0.15, 0.2) is 54.6 Å². The molecule has 0 unspecified atom stereocenters. The molecule has 0 fully saturated rings. The maximum atomic E-state index is 4.80. The largest absolute Gasteiger partial charge is 0.384 e. The van der Waals surface area contributed by atoms with E-state index in [0.29, 0.717) is 0 Å². The Morgan fingerprint density at radius 3 is 2.84 bits per heavy atom. The summed E-state index contributed by atoms with van der Waals surface area (Å²) in [7, 11) is 0. The third-order valence-corrected chi connectivity index (χ3v) is 3.74. The number of benzene rings is 2. The van der Waals surface area contributed by atoms with Gasteiger partial charge in [-0.3, -0.25) is 0 Å².